The van der Waals surface area contributed by atoms with Crippen LogP contribution in [-0.2, 0) is 6.54 Å². The molecule has 3 aromatic rings. The molecule has 0 bridgehead atoms. The van der Waals surface area contributed by atoms with Crippen molar-refractivity contribution in [2.45, 2.75) is 26.3 Å². The highest BCUT2D eigenvalue weighted by molar-refractivity contribution is 5.94. The first kappa shape index (κ1) is 16.5. The molecule has 0 saturated carbocycles. The van der Waals surface area contributed by atoms with Gasteiger partial charge in [-0.1, -0.05) is 12.1 Å². The summed E-state index contributed by atoms with van der Waals surface area (Å²) in [5.41, 5.74) is 2.88. The molecular formula is C19H20FN5O. The number of rotatable bonds is 4. The summed E-state index contributed by atoms with van der Waals surface area (Å²) in [6, 6.07) is 7.84. The van der Waals surface area contributed by atoms with Crippen LogP contribution in [0.4, 0.5) is 10.2 Å². The normalized spacial score (nSPS) is 14.2. The van der Waals surface area contributed by atoms with E-state index in [1.807, 2.05) is 13.1 Å². The predicted molar refractivity (Wildman–Crippen MR) is 96.7 cm³/mol. The minimum absolute atomic E-state index is 0.261. The molecule has 3 heterocycles. The third-order valence-electron chi connectivity index (χ3n) is 4.56. The van der Waals surface area contributed by atoms with Gasteiger partial charge in [-0.25, -0.2) is 13.9 Å². The van der Waals surface area contributed by atoms with E-state index >= 15 is 0 Å². The molecule has 1 fully saturated rings. The topological polar surface area (TPSA) is 62.5 Å². The Morgan fingerprint density at radius 3 is 2.69 bits per heavy atom. The van der Waals surface area contributed by atoms with E-state index in [1.54, 1.807) is 22.7 Å². The number of fused-ring (bicyclic) bond motifs is 1. The van der Waals surface area contributed by atoms with Gasteiger partial charge in [0.25, 0.3) is 5.91 Å². The van der Waals surface area contributed by atoms with Gasteiger partial charge in [-0.05, 0) is 37.5 Å². The van der Waals surface area contributed by atoms with E-state index in [0.29, 0.717) is 12.2 Å². The monoisotopic (exact) mass is 353 g/mol. The second kappa shape index (κ2) is 6.74. The van der Waals surface area contributed by atoms with Crippen LogP contribution in [0.15, 0.2) is 36.5 Å². The maximum absolute atomic E-state index is 13.0. The SMILES string of the molecule is Cc1cn2nc(C(=O)NCc3ccc(F)cc3)cc2c(N2CCCC2)n1. The lowest BCUT2D eigenvalue weighted by atomic mass is 10.2. The third kappa shape index (κ3) is 3.24. The number of carbonyl (C=O) groups excluding carboxylic acids is 1. The summed E-state index contributed by atoms with van der Waals surface area (Å²) in [5.74, 6) is 0.327. The molecule has 1 aliphatic heterocycles. The Kier molecular flexibility index (Phi) is 4.28. The maximum atomic E-state index is 13.0. The van der Waals surface area contributed by atoms with Crippen LogP contribution in [0.3, 0.4) is 0 Å². The number of amides is 1. The van der Waals surface area contributed by atoms with Gasteiger partial charge in [-0.15, -0.1) is 0 Å². The number of hydrogen-bond donors (Lipinski definition) is 1. The van der Waals surface area contributed by atoms with E-state index in [0.717, 1.165) is 48.5 Å². The quantitative estimate of drug-likeness (QED) is 0.783. The number of aryl methyl sites for hydroxylation is 1. The van der Waals surface area contributed by atoms with Crippen LogP contribution in [-0.4, -0.2) is 33.6 Å². The van der Waals surface area contributed by atoms with Crippen molar-refractivity contribution in [1.29, 1.82) is 0 Å². The Balaban J connectivity index is 1.57. The molecule has 2 aromatic heterocycles. The zero-order valence-electron chi connectivity index (χ0n) is 14.6. The summed E-state index contributed by atoms with van der Waals surface area (Å²) < 4.78 is 14.7. The van der Waals surface area contributed by atoms with E-state index in [1.165, 1.54) is 12.1 Å². The van der Waals surface area contributed by atoms with Crippen molar-refractivity contribution in [3.63, 3.8) is 0 Å². The van der Waals surface area contributed by atoms with Gasteiger partial charge in [0.15, 0.2) is 11.5 Å². The summed E-state index contributed by atoms with van der Waals surface area (Å²) in [6.45, 7) is 4.20. The number of nitrogens with zero attached hydrogens (tertiary/aromatic N) is 4. The Labute approximate surface area is 150 Å². The van der Waals surface area contributed by atoms with Crippen molar-refractivity contribution in [1.82, 2.24) is 19.9 Å². The van der Waals surface area contributed by atoms with Gasteiger partial charge in [0, 0.05) is 25.7 Å². The highest BCUT2D eigenvalue weighted by atomic mass is 19.1. The molecule has 1 amide bonds. The molecule has 7 heteroatoms. The molecule has 0 aliphatic carbocycles. The summed E-state index contributed by atoms with van der Waals surface area (Å²) in [6.07, 6.45) is 4.13. The van der Waals surface area contributed by atoms with E-state index in [2.05, 4.69) is 20.3 Å². The Hall–Kier alpha value is -2.96. The van der Waals surface area contributed by atoms with Gasteiger partial charge in [0.05, 0.1) is 11.9 Å². The fraction of sp³-hybridized carbons (Fsp3) is 0.316. The number of anilines is 1. The number of benzene rings is 1. The first-order valence-electron chi connectivity index (χ1n) is 8.75. The minimum atomic E-state index is -0.294. The first-order chi connectivity index (χ1) is 12.6. The molecule has 0 radical (unpaired) electrons. The molecule has 1 aromatic carbocycles. The first-order valence-corrected chi connectivity index (χ1v) is 8.75. The minimum Gasteiger partial charge on any atom is -0.355 e. The molecule has 0 spiro atoms. The van der Waals surface area contributed by atoms with Crippen LogP contribution in [0.25, 0.3) is 5.52 Å². The van der Waals surface area contributed by atoms with Crippen molar-refractivity contribution in [2.75, 3.05) is 18.0 Å². The summed E-state index contributed by atoms with van der Waals surface area (Å²) in [5, 5.41) is 7.24. The van der Waals surface area contributed by atoms with Crippen molar-refractivity contribution < 1.29 is 9.18 Å². The van der Waals surface area contributed by atoms with E-state index < -0.39 is 0 Å². The summed E-state index contributed by atoms with van der Waals surface area (Å²) in [7, 11) is 0. The predicted octanol–water partition coefficient (Wildman–Crippen LogP) is 2.71. The van der Waals surface area contributed by atoms with E-state index in [4.69, 9.17) is 0 Å². The van der Waals surface area contributed by atoms with Gasteiger partial charge < -0.3 is 10.2 Å². The second-order valence-corrected chi connectivity index (χ2v) is 6.57. The van der Waals surface area contributed by atoms with Crippen LogP contribution >= 0.6 is 0 Å². The summed E-state index contributed by atoms with van der Waals surface area (Å²) in [4.78, 5) is 19.4. The molecule has 0 atom stereocenters. The molecule has 26 heavy (non-hydrogen) atoms. The fourth-order valence-electron chi connectivity index (χ4n) is 3.24. The molecule has 1 N–H and O–H groups in total. The van der Waals surface area contributed by atoms with Gasteiger partial charge in [-0.2, -0.15) is 5.10 Å². The Bertz CT molecular complexity index is 944. The average Bonchev–Trinajstić information content (AvgIpc) is 3.30. The molecule has 134 valence electrons. The van der Waals surface area contributed by atoms with Crippen LogP contribution in [0.1, 0.15) is 34.6 Å². The smallest absolute Gasteiger partial charge is 0.272 e. The average molecular weight is 353 g/mol. The van der Waals surface area contributed by atoms with Gasteiger partial charge in [0.2, 0.25) is 0 Å². The van der Waals surface area contributed by atoms with Gasteiger partial charge >= 0.3 is 0 Å². The fourth-order valence-corrected chi connectivity index (χ4v) is 3.24. The molecule has 4 rings (SSSR count). The second-order valence-electron chi connectivity index (χ2n) is 6.57. The van der Waals surface area contributed by atoms with Gasteiger partial charge in [0.1, 0.15) is 11.3 Å². The standard InChI is InChI=1S/C19H20FN5O/c1-13-12-25-17(18(22-13)24-8-2-3-9-24)10-16(23-25)19(26)21-11-14-4-6-15(20)7-5-14/h4-7,10,12H,2-3,8-9,11H2,1H3,(H,21,26). The summed E-state index contributed by atoms with van der Waals surface area (Å²) >= 11 is 0. The van der Waals surface area contributed by atoms with Gasteiger partial charge in [-0.3, -0.25) is 4.79 Å². The zero-order chi connectivity index (χ0) is 18.1. The van der Waals surface area contributed by atoms with Crippen molar-refractivity contribution in [2.24, 2.45) is 0 Å². The van der Waals surface area contributed by atoms with E-state index in [9.17, 15) is 9.18 Å². The third-order valence-corrected chi connectivity index (χ3v) is 4.56. The number of halogens is 1. The Morgan fingerprint density at radius 2 is 1.96 bits per heavy atom. The van der Waals surface area contributed by atoms with Crippen LogP contribution < -0.4 is 10.2 Å². The molecule has 1 saturated heterocycles. The van der Waals surface area contributed by atoms with E-state index in [-0.39, 0.29) is 11.7 Å². The highest BCUT2D eigenvalue weighted by Gasteiger charge is 2.20. The van der Waals surface area contributed by atoms with Crippen LogP contribution in [0.5, 0.6) is 0 Å². The molecule has 0 unspecified atom stereocenters. The van der Waals surface area contributed by atoms with Crippen LogP contribution in [0, 0.1) is 12.7 Å². The van der Waals surface area contributed by atoms with Crippen LogP contribution in [0.2, 0.25) is 0 Å². The number of carbonyl (C=O) groups is 1. The largest absolute Gasteiger partial charge is 0.355 e. The number of aromatic nitrogens is 3. The lowest BCUT2D eigenvalue weighted by Crippen LogP contribution is -2.23. The molecule has 1 aliphatic rings. The number of hydrogen-bond acceptors (Lipinski definition) is 4. The highest BCUT2D eigenvalue weighted by Crippen LogP contribution is 2.24. The zero-order valence-corrected chi connectivity index (χ0v) is 14.6. The van der Waals surface area contributed by atoms with Crippen molar-refractivity contribution in [3.05, 3.63) is 59.3 Å². The number of nitrogens with one attached hydrogen (secondary N) is 1. The maximum Gasteiger partial charge on any atom is 0.272 e. The lowest BCUT2D eigenvalue weighted by molar-refractivity contribution is 0.0945. The molecular weight excluding hydrogens is 333 g/mol. The van der Waals surface area contributed by atoms with Crippen molar-refractivity contribution >= 4 is 17.2 Å². The lowest BCUT2D eigenvalue weighted by Gasteiger charge is -2.17. The van der Waals surface area contributed by atoms with Crippen molar-refractivity contribution in [3.8, 4) is 0 Å². The molecule has 6 nitrogen and oxygen atoms in total. The Morgan fingerprint density at radius 1 is 1.23 bits per heavy atom.